The van der Waals surface area contributed by atoms with Crippen molar-refractivity contribution in [3.8, 4) is 28.4 Å². The second-order valence-electron chi connectivity index (χ2n) is 7.99. The van der Waals surface area contributed by atoms with Crippen LogP contribution in [0.3, 0.4) is 0 Å². The van der Waals surface area contributed by atoms with Crippen molar-refractivity contribution in [2.45, 2.75) is 43.9 Å². The standard InChI is InChI=1S/C23H21F3O6/c1-30-21-18(28)8-6-16(13-3-2-4-15-14(13)5-7-17(15)27)20(21)31-12-22(9-10-22)32-19(29)11-23(24,25)26/h2-4,6,8,28H,5,7,9-12H2,1H3. The number of phenolic OH excluding ortho intramolecular Hbond substituents is 1. The van der Waals surface area contributed by atoms with Crippen LogP contribution in [0.2, 0.25) is 0 Å². The number of halogens is 3. The van der Waals surface area contributed by atoms with Crippen molar-refractivity contribution in [2.75, 3.05) is 13.7 Å². The molecule has 0 heterocycles. The molecule has 0 amide bonds. The first-order chi connectivity index (χ1) is 15.1. The van der Waals surface area contributed by atoms with Gasteiger partial charge in [-0.05, 0) is 42.5 Å². The Hall–Kier alpha value is -3.23. The van der Waals surface area contributed by atoms with Crippen molar-refractivity contribution in [2.24, 2.45) is 0 Å². The Morgan fingerprint density at radius 3 is 2.44 bits per heavy atom. The van der Waals surface area contributed by atoms with Gasteiger partial charge in [-0.15, -0.1) is 0 Å². The van der Waals surface area contributed by atoms with Crippen LogP contribution in [0.25, 0.3) is 11.1 Å². The van der Waals surface area contributed by atoms with Gasteiger partial charge in [0.1, 0.15) is 18.6 Å². The molecule has 0 aliphatic heterocycles. The summed E-state index contributed by atoms with van der Waals surface area (Å²) in [6.07, 6.45) is -4.63. The zero-order valence-corrected chi connectivity index (χ0v) is 17.3. The van der Waals surface area contributed by atoms with E-state index in [0.29, 0.717) is 36.8 Å². The number of ketones is 1. The highest BCUT2D eigenvalue weighted by molar-refractivity contribution is 6.02. The summed E-state index contributed by atoms with van der Waals surface area (Å²) in [6, 6.07) is 8.40. The van der Waals surface area contributed by atoms with Gasteiger partial charge in [-0.2, -0.15) is 13.2 Å². The molecule has 4 rings (SSSR count). The number of phenols is 1. The number of rotatable bonds is 7. The average molecular weight is 450 g/mol. The molecule has 1 N–H and O–H groups in total. The summed E-state index contributed by atoms with van der Waals surface area (Å²) in [5.74, 6) is -1.29. The number of Topliss-reactive ketones (excluding diaryl/α,β-unsaturated/α-hetero) is 1. The van der Waals surface area contributed by atoms with Crippen LogP contribution in [0.5, 0.6) is 17.2 Å². The number of hydrogen-bond acceptors (Lipinski definition) is 6. The van der Waals surface area contributed by atoms with E-state index in [1.807, 2.05) is 6.07 Å². The number of carbonyl (C=O) groups excluding carboxylic acids is 2. The molecular weight excluding hydrogens is 429 g/mol. The number of ether oxygens (including phenoxy) is 3. The summed E-state index contributed by atoms with van der Waals surface area (Å²) in [6.45, 7) is -0.197. The first-order valence-electron chi connectivity index (χ1n) is 10.1. The number of benzene rings is 2. The molecule has 0 saturated heterocycles. The fraction of sp³-hybridized carbons (Fsp3) is 0.391. The lowest BCUT2D eigenvalue weighted by Crippen LogP contribution is -2.29. The number of carbonyl (C=O) groups is 2. The molecule has 2 aromatic rings. The number of aromatic hydroxyl groups is 1. The van der Waals surface area contributed by atoms with Crippen LogP contribution in [-0.2, 0) is 16.0 Å². The van der Waals surface area contributed by atoms with Crippen LogP contribution < -0.4 is 9.47 Å². The van der Waals surface area contributed by atoms with Gasteiger partial charge in [0.25, 0.3) is 0 Å². The first kappa shape index (κ1) is 22.0. The second kappa shape index (κ2) is 8.03. The average Bonchev–Trinajstić information content (AvgIpc) is 3.37. The second-order valence-corrected chi connectivity index (χ2v) is 7.99. The summed E-state index contributed by atoms with van der Waals surface area (Å²) in [5.41, 5.74) is 1.63. The molecule has 2 aliphatic carbocycles. The maximum Gasteiger partial charge on any atom is 0.399 e. The van der Waals surface area contributed by atoms with E-state index >= 15 is 0 Å². The predicted octanol–water partition coefficient (Wildman–Crippen LogP) is 4.60. The molecule has 170 valence electrons. The number of methoxy groups -OCH3 is 1. The van der Waals surface area contributed by atoms with E-state index in [1.165, 1.54) is 13.2 Å². The Bertz CT molecular complexity index is 1070. The normalized spacial score (nSPS) is 16.4. The summed E-state index contributed by atoms with van der Waals surface area (Å²) >= 11 is 0. The Labute approximate surface area is 181 Å². The summed E-state index contributed by atoms with van der Waals surface area (Å²) in [5, 5.41) is 10.2. The number of hydrogen-bond donors (Lipinski definition) is 1. The highest BCUT2D eigenvalue weighted by atomic mass is 19.4. The lowest BCUT2D eigenvalue weighted by Gasteiger charge is -2.22. The third kappa shape index (κ3) is 4.37. The molecule has 2 aromatic carbocycles. The Balaban J connectivity index is 1.63. The SMILES string of the molecule is COc1c(O)ccc(-c2cccc3c2CCC3=O)c1OCC1(OC(=O)CC(F)(F)F)CC1. The van der Waals surface area contributed by atoms with Gasteiger partial charge in [0, 0.05) is 17.5 Å². The van der Waals surface area contributed by atoms with E-state index in [1.54, 1.807) is 18.2 Å². The molecule has 0 spiro atoms. The van der Waals surface area contributed by atoms with Gasteiger partial charge in [-0.25, -0.2) is 0 Å². The zero-order chi connectivity index (χ0) is 23.1. The van der Waals surface area contributed by atoms with Crippen LogP contribution in [-0.4, -0.2) is 42.4 Å². The highest BCUT2D eigenvalue weighted by Crippen LogP contribution is 2.48. The molecule has 0 aromatic heterocycles. The minimum atomic E-state index is -4.65. The minimum Gasteiger partial charge on any atom is -0.504 e. The van der Waals surface area contributed by atoms with Crippen LogP contribution in [0.1, 0.15) is 41.6 Å². The lowest BCUT2D eigenvalue weighted by atomic mass is 9.95. The molecule has 0 unspecified atom stereocenters. The highest BCUT2D eigenvalue weighted by Gasteiger charge is 2.49. The molecule has 9 heteroatoms. The van der Waals surface area contributed by atoms with Gasteiger partial charge in [0.2, 0.25) is 5.75 Å². The van der Waals surface area contributed by atoms with Crippen LogP contribution in [0.15, 0.2) is 30.3 Å². The largest absolute Gasteiger partial charge is 0.504 e. The van der Waals surface area contributed by atoms with Crippen molar-refractivity contribution >= 4 is 11.8 Å². The van der Waals surface area contributed by atoms with E-state index in [2.05, 4.69) is 0 Å². The summed E-state index contributed by atoms with van der Waals surface area (Å²) < 4.78 is 53.7. The number of fused-ring (bicyclic) bond motifs is 1. The van der Waals surface area contributed by atoms with Crippen molar-refractivity contribution in [3.63, 3.8) is 0 Å². The number of esters is 1. The lowest BCUT2D eigenvalue weighted by molar-refractivity contribution is -0.178. The van der Waals surface area contributed by atoms with Gasteiger partial charge in [-0.1, -0.05) is 18.2 Å². The number of alkyl halides is 3. The van der Waals surface area contributed by atoms with Crippen LogP contribution in [0.4, 0.5) is 13.2 Å². The smallest absolute Gasteiger partial charge is 0.399 e. The zero-order valence-electron chi connectivity index (χ0n) is 17.3. The van der Waals surface area contributed by atoms with Gasteiger partial charge >= 0.3 is 12.1 Å². The van der Waals surface area contributed by atoms with Crippen LogP contribution in [0, 0.1) is 0 Å². The maximum absolute atomic E-state index is 12.5. The molecule has 0 bridgehead atoms. The molecule has 32 heavy (non-hydrogen) atoms. The Morgan fingerprint density at radius 2 is 1.78 bits per heavy atom. The van der Waals surface area contributed by atoms with E-state index in [-0.39, 0.29) is 29.6 Å². The first-order valence-corrected chi connectivity index (χ1v) is 10.1. The van der Waals surface area contributed by atoms with Gasteiger partial charge < -0.3 is 19.3 Å². The molecule has 2 aliphatic rings. The van der Waals surface area contributed by atoms with Crippen LogP contribution >= 0.6 is 0 Å². The quantitative estimate of drug-likeness (QED) is 0.621. The molecular formula is C23H21F3O6. The molecule has 6 nitrogen and oxygen atoms in total. The van der Waals surface area contributed by atoms with E-state index < -0.39 is 24.2 Å². The third-order valence-corrected chi connectivity index (χ3v) is 5.63. The third-order valence-electron chi connectivity index (χ3n) is 5.63. The monoisotopic (exact) mass is 450 g/mol. The molecule has 1 fully saturated rings. The van der Waals surface area contributed by atoms with Crippen molar-refractivity contribution in [1.82, 2.24) is 0 Å². The van der Waals surface area contributed by atoms with Gasteiger partial charge in [0.15, 0.2) is 17.3 Å². The Kier molecular flexibility index (Phi) is 5.52. The summed E-state index contributed by atoms with van der Waals surface area (Å²) in [7, 11) is 1.35. The van der Waals surface area contributed by atoms with E-state index in [0.717, 1.165) is 11.1 Å². The van der Waals surface area contributed by atoms with E-state index in [4.69, 9.17) is 14.2 Å². The molecule has 1 saturated carbocycles. The summed E-state index contributed by atoms with van der Waals surface area (Å²) in [4.78, 5) is 23.8. The predicted molar refractivity (Wildman–Crippen MR) is 107 cm³/mol. The minimum absolute atomic E-state index is 0.0434. The molecule has 0 atom stereocenters. The fourth-order valence-electron chi connectivity index (χ4n) is 3.91. The van der Waals surface area contributed by atoms with Crippen molar-refractivity contribution in [3.05, 3.63) is 41.5 Å². The van der Waals surface area contributed by atoms with E-state index in [9.17, 15) is 27.9 Å². The Morgan fingerprint density at radius 1 is 1.06 bits per heavy atom. The molecule has 0 radical (unpaired) electrons. The van der Waals surface area contributed by atoms with Crippen molar-refractivity contribution in [1.29, 1.82) is 0 Å². The van der Waals surface area contributed by atoms with Gasteiger partial charge in [0.05, 0.1) is 7.11 Å². The topological polar surface area (TPSA) is 82.1 Å². The maximum atomic E-state index is 12.5. The fourth-order valence-corrected chi connectivity index (χ4v) is 3.91. The van der Waals surface area contributed by atoms with Gasteiger partial charge in [-0.3, -0.25) is 9.59 Å². The van der Waals surface area contributed by atoms with Crippen molar-refractivity contribution < 1.29 is 42.1 Å².